The molecule has 1 heterocycles. The van der Waals surface area contributed by atoms with E-state index in [0.717, 1.165) is 22.4 Å². The van der Waals surface area contributed by atoms with Crippen molar-refractivity contribution in [3.8, 4) is 0 Å². The Labute approximate surface area is 127 Å². The van der Waals surface area contributed by atoms with Gasteiger partial charge in [-0.1, -0.05) is 12.1 Å². The van der Waals surface area contributed by atoms with Crippen molar-refractivity contribution in [2.75, 3.05) is 11.9 Å². The molecule has 22 heavy (non-hydrogen) atoms. The second kappa shape index (κ2) is 5.40. The van der Waals surface area contributed by atoms with Gasteiger partial charge in [0.15, 0.2) is 0 Å². The van der Waals surface area contributed by atoms with E-state index in [2.05, 4.69) is 9.97 Å². The van der Waals surface area contributed by atoms with Crippen LogP contribution in [0.3, 0.4) is 0 Å². The van der Waals surface area contributed by atoms with Gasteiger partial charge in [0.25, 0.3) is 4.92 Å². The van der Waals surface area contributed by atoms with Crippen LogP contribution in [0.15, 0.2) is 48.5 Å². The number of hydrogen-bond donors (Lipinski definition) is 1. The summed E-state index contributed by atoms with van der Waals surface area (Å²) in [6, 6.07) is 14.4. The van der Waals surface area contributed by atoms with Crippen LogP contribution in [0.5, 0.6) is 0 Å². The van der Waals surface area contributed by atoms with Gasteiger partial charge >= 0.3 is 5.69 Å². The fourth-order valence-corrected chi connectivity index (χ4v) is 2.35. The zero-order valence-electron chi connectivity index (χ0n) is 12.3. The molecular formula is C16H15N4O2+. The summed E-state index contributed by atoms with van der Waals surface area (Å²) in [6.45, 7) is 1.86. The first-order valence-electron chi connectivity index (χ1n) is 6.79. The zero-order valence-corrected chi connectivity index (χ0v) is 12.3. The summed E-state index contributed by atoms with van der Waals surface area (Å²) in [5, 5.41) is 9.84. The summed E-state index contributed by atoms with van der Waals surface area (Å²) in [5.41, 5.74) is 1.92. The molecule has 0 fully saturated rings. The highest BCUT2D eigenvalue weighted by molar-refractivity contribution is 5.91. The third-order valence-corrected chi connectivity index (χ3v) is 3.47. The maximum atomic E-state index is 10.9. The number of nitrogens with zero attached hydrogens (tertiary/aromatic N) is 4. The first kappa shape index (κ1) is 13.9. The van der Waals surface area contributed by atoms with Crippen molar-refractivity contribution < 1.29 is 10.1 Å². The van der Waals surface area contributed by atoms with Crippen LogP contribution in [0.1, 0.15) is 5.82 Å². The van der Waals surface area contributed by atoms with Gasteiger partial charge in [0.05, 0.1) is 10.4 Å². The minimum Gasteiger partial charge on any atom is -0.329 e. The van der Waals surface area contributed by atoms with Crippen LogP contribution in [0.25, 0.3) is 10.9 Å². The summed E-state index contributed by atoms with van der Waals surface area (Å²) >= 11 is 0. The van der Waals surface area contributed by atoms with E-state index in [4.69, 9.17) is 5.21 Å². The van der Waals surface area contributed by atoms with Crippen molar-refractivity contribution in [1.82, 2.24) is 9.97 Å². The molecule has 0 aliphatic carbocycles. The summed E-state index contributed by atoms with van der Waals surface area (Å²) in [5.74, 6) is 1.48. The van der Waals surface area contributed by atoms with E-state index in [9.17, 15) is 4.91 Å². The van der Waals surface area contributed by atoms with Gasteiger partial charge in [-0.15, -0.1) is 0 Å². The summed E-state index contributed by atoms with van der Waals surface area (Å²) in [7, 11) is 1.90. The molecule has 1 N–H and O–H groups in total. The summed E-state index contributed by atoms with van der Waals surface area (Å²) in [6.07, 6.45) is 0. The second-order valence-corrected chi connectivity index (χ2v) is 4.96. The fraction of sp³-hybridized carbons (Fsp3) is 0.125. The molecule has 0 saturated heterocycles. The summed E-state index contributed by atoms with van der Waals surface area (Å²) in [4.78, 5) is 21.6. The Morgan fingerprint density at radius 2 is 1.73 bits per heavy atom. The molecule has 0 saturated carbocycles. The van der Waals surface area contributed by atoms with Crippen molar-refractivity contribution in [3.05, 3.63) is 59.3 Å². The smallest absolute Gasteiger partial charge is 0.316 e. The highest BCUT2D eigenvalue weighted by Gasteiger charge is 2.14. The van der Waals surface area contributed by atoms with Crippen molar-refractivity contribution >= 4 is 28.1 Å². The molecule has 0 bridgehead atoms. The Kier molecular flexibility index (Phi) is 3.42. The van der Waals surface area contributed by atoms with Crippen molar-refractivity contribution in [1.29, 1.82) is 0 Å². The van der Waals surface area contributed by atoms with E-state index in [1.54, 1.807) is 24.3 Å². The molecule has 6 heteroatoms. The molecule has 0 radical (unpaired) electrons. The molecule has 0 spiro atoms. The quantitative estimate of drug-likeness (QED) is 0.749. The number of anilines is 2. The lowest BCUT2D eigenvalue weighted by Gasteiger charge is -2.20. The van der Waals surface area contributed by atoms with Crippen LogP contribution >= 0.6 is 0 Å². The van der Waals surface area contributed by atoms with E-state index in [0.29, 0.717) is 5.82 Å². The number of hydrogen-bond acceptors (Lipinski definition) is 4. The minimum absolute atomic E-state index is 0.159. The van der Waals surface area contributed by atoms with Gasteiger partial charge < -0.3 is 4.90 Å². The number of benzene rings is 2. The van der Waals surface area contributed by atoms with Crippen molar-refractivity contribution in [3.63, 3.8) is 0 Å². The van der Waals surface area contributed by atoms with Gasteiger partial charge in [0.1, 0.15) is 11.6 Å². The van der Waals surface area contributed by atoms with Crippen LogP contribution in [0.2, 0.25) is 0 Å². The third kappa shape index (κ3) is 2.46. The second-order valence-electron chi connectivity index (χ2n) is 4.96. The monoisotopic (exact) mass is 295 g/mol. The normalized spacial score (nSPS) is 10.6. The molecule has 1 aromatic heterocycles. The molecule has 3 rings (SSSR count). The molecular weight excluding hydrogens is 280 g/mol. The third-order valence-electron chi connectivity index (χ3n) is 3.47. The number of rotatable bonds is 3. The highest BCUT2D eigenvalue weighted by atomic mass is 16.6. The lowest BCUT2D eigenvalue weighted by Crippen LogP contribution is -2.13. The van der Waals surface area contributed by atoms with E-state index in [-0.39, 0.29) is 10.6 Å². The summed E-state index contributed by atoms with van der Waals surface area (Å²) < 4.78 is 0. The molecule has 2 aromatic carbocycles. The van der Waals surface area contributed by atoms with E-state index < -0.39 is 0 Å². The maximum absolute atomic E-state index is 10.9. The van der Waals surface area contributed by atoms with Crippen LogP contribution in [-0.4, -0.2) is 27.1 Å². The van der Waals surface area contributed by atoms with Crippen LogP contribution in [0, 0.1) is 11.8 Å². The van der Waals surface area contributed by atoms with Crippen LogP contribution in [0.4, 0.5) is 17.2 Å². The lowest BCUT2D eigenvalue weighted by molar-refractivity contribution is -0.729. The van der Waals surface area contributed by atoms with Crippen LogP contribution in [-0.2, 0) is 0 Å². The Morgan fingerprint density at radius 3 is 2.41 bits per heavy atom. The lowest BCUT2D eigenvalue weighted by atomic mass is 10.2. The minimum atomic E-state index is -0.159. The molecule has 0 amide bonds. The Balaban J connectivity index is 2.08. The Bertz CT molecular complexity index is 846. The standard InChI is InChI=1S/C16H15N4O2/c1-11-17-15-6-4-3-5-14(15)16(18-11)19(2)12-7-9-13(10-8-12)20(21)22/h3-10H,1-2H3,(H,21,22)/q+1. The molecule has 6 nitrogen and oxygen atoms in total. The molecule has 0 aliphatic heterocycles. The first-order chi connectivity index (χ1) is 10.6. The highest BCUT2D eigenvalue weighted by Crippen LogP contribution is 2.29. The number of para-hydroxylation sites is 1. The predicted octanol–water partition coefficient (Wildman–Crippen LogP) is 3.51. The van der Waals surface area contributed by atoms with E-state index >= 15 is 0 Å². The van der Waals surface area contributed by atoms with Gasteiger partial charge in [0, 0.05) is 30.3 Å². The molecule has 0 aliphatic rings. The fourth-order valence-electron chi connectivity index (χ4n) is 2.35. The zero-order chi connectivity index (χ0) is 15.7. The molecule has 0 unspecified atom stereocenters. The van der Waals surface area contributed by atoms with E-state index in [1.165, 1.54) is 0 Å². The first-order valence-corrected chi connectivity index (χ1v) is 6.79. The topological polar surface area (TPSA) is 69.3 Å². The van der Waals surface area contributed by atoms with Gasteiger partial charge in [-0.25, -0.2) is 15.2 Å². The van der Waals surface area contributed by atoms with Crippen molar-refractivity contribution in [2.45, 2.75) is 6.92 Å². The van der Waals surface area contributed by atoms with Gasteiger partial charge in [-0.3, -0.25) is 0 Å². The van der Waals surface area contributed by atoms with Crippen molar-refractivity contribution in [2.24, 2.45) is 0 Å². The predicted molar refractivity (Wildman–Crippen MR) is 83.9 cm³/mol. The van der Waals surface area contributed by atoms with Gasteiger partial charge in [-0.2, -0.15) is 0 Å². The largest absolute Gasteiger partial charge is 0.329 e. The molecule has 110 valence electrons. The molecule has 3 aromatic rings. The number of fused-ring (bicyclic) bond motifs is 1. The van der Waals surface area contributed by atoms with E-state index in [1.807, 2.05) is 43.1 Å². The van der Waals surface area contributed by atoms with Crippen LogP contribution < -0.4 is 4.90 Å². The molecule has 0 atom stereocenters. The average molecular weight is 295 g/mol. The van der Waals surface area contributed by atoms with Gasteiger partial charge in [-0.05, 0) is 31.2 Å². The number of aromatic nitrogens is 2. The SMILES string of the molecule is Cc1nc(N(C)c2ccc([N+](=O)O)cc2)c2ccccc2n1. The Morgan fingerprint density at radius 1 is 1.05 bits per heavy atom. The average Bonchev–Trinajstić information content (AvgIpc) is 2.53. The maximum Gasteiger partial charge on any atom is 0.316 e. The van der Waals surface area contributed by atoms with Gasteiger partial charge in [0.2, 0.25) is 0 Å². The Hall–Kier alpha value is -3.02. The number of aryl methyl sites for hydroxylation is 1.